The molecule has 4 aromatic rings. The van der Waals surface area contributed by atoms with Gasteiger partial charge in [-0.05, 0) is 62.3 Å². The van der Waals surface area contributed by atoms with Crippen LogP contribution in [0.1, 0.15) is 56.8 Å². The first-order valence-corrected chi connectivity index (χ1v) is 14.0. The van der Waals surface area contributed by atoms with E-state index in [2.05, 4.69) is 10.9 Å². The number of carbonyl (C=O) groups is 1. The first kappa shape index (κ1) is 25.2. The Kier molecular flexibility index (Phi) is 6.92. The minimum atomic E-state index is -1.55. The van der Waals surface area contributed by atoms with E-state index in [9.17, 15) is 14.5 Å². The van der Waals surface area contributed by atoms with Gasteiger partial charge in [0.15, 0.2) is 10.6 Å². The number of aromatic carboxylic acids is 1. The standard InChI is InChI=1S/C28H26N4O3S2/c1-4-20-14-21(9-5-16(20)2)26-22(12-19-8-10-25(37(29)35)17(3)11-19)24(13-18-6-7-18)32(31-26)28-30-23(15-36-28)27(33)34/h1,5,8-11,14-15,18H,6-7,12-13,29H2,2-3H3,(H,33,34). The number of aryl methyl sites for hydroxylation is 2. The van der Waals surface area contributed by atoms with Crippen molar-refractivity contribution >= 4 is 28.7 Å². The lowest BCUT2D eigenvalue weighted by atomic mass is 9.95. The Morgan fingerprint density at radius 2 is 2.05 bits per heavy atom. The molecule has 1 saturated carbocycles. The number of terminal acetylenes is 1. The van der Waals surface area contributed by atoms with Crippen LogP contribution in [0.3, 0.4) is 0 Å². The molecule has 0 bridgehead atoms. The van der Waals surface area contributed by atoms with E-state index in [4.69, 9.17) is 16.7 Å². The van der Waals surface area contributed by atoms with Crippen molar-refractivity contribution < 1.29 is 14.5 Å². The Bertz CT molecular complexity index is 1540. The van der Waals surface area contributed by atoms with Gasteiger partial charge < -0.3 is 9.66 Å². The molecule has 0 radical (unpaired) electrons. The van der Waals surface area contributed by atoms with Crippen molar-refractivity contribution in [1.29, 1.82) is 0 Å². The van der Waals surface area contributed by atoms with Crippen LogP contribution in [0, 0.1) is 32.1 Å². The van der Waals surface area contributed by atoms with Crippen molar-refractivity contribution in [1.82, 2.24) is 14.8 Å². The number of carboxylic acid groups (broad SMARTS) is 1. The third-order valence-corrected chi connectivity index (χ3v) is 8.37. The number of hydrogen-bond acceptors (Lipinski definition) is 6. The van der Waals surface area contributed by atoms with Crippen molar-refractivity contribution in [3.05, 3.63) is 81.0 Å². The predicted octanol–water partition coefficient (Wildman–Crippen LogP) is 4.82. The third-order valence-electron chi connectivity index (χ3n) is 6.66. The van der Waals surface area contributed by atoms with Gasteiger partial charge in [0.25, 0.3) is 0 Å². The van der Waals surface area contributed by atoms with E-state index in [1.165, 1.54) is 16.7 Å². The van der Waals surface area contributed by atoms with E-state index < -0.39 is 17.3 Å². The summed E-state index contributed by atoms with van der Waals surface area (Å²) in [6, 6.07) is 11.8. The Labute approximate surface area is 222 Å². The molecule has 9 heteroatoms. The maximum atomic E-state index is 11.9. The van der Waals surface area contributed by atoms with Crippen molar-refractivity contribution in [2.24, 2.45) is 11.1 Å². The number of aromatic nitrogens is 3. The molecule has 1 aliphatic carbocycles. The van der Waals surface area contributed by atoms with Gasteiger partial charge in [-0.2, -0.15) is 5.10 Å². The summed E-state index contributed by atoms with van der Waals surface area (Å²) in [7, 11) is 0. The van der Waals surface area contributed by atoms with Gasteiger partial charge in [-0.25, -0.2) is 14.5 Å². The molecule has 0 aliphatic heterocycles. The predicted molar refractivity (Wildman–Crippen MR) is 145 cm³/mol. The number of nitrogens with two attached hydrogens (primary N) is 1. The van der Waals surface area contributed by atoms with Crippen LogP contribution in [-0.2, 0) is 24.2 Å². The van der Waals surface area contributed by atoms with Gasteiger partial charge in [-0.3, -0.25) is 0 Å². The smallest absolute Gasteiger partial charge is 0.355 e. The Morgan fingerprint density at radius 3 is 2.68 bits per heavy atom. The van der Waals surface area contributed by atoms with Crippen LogP contribution >= 0.6 is 11.3 Å². The molecule has 0 saturated heterocycles. The monoisotopic (exact) mass is 530 g/mol. The third kappa shape index (κ3) is 5.20. The number of benzene rings is 2. The quantitative estimate of drug-likeness (QED) is 0.249. The van der Waals surface area contributed by atoms with E-state index >= 15 is 0 Å². The second-order valence-corrected chi connectivity index (χ2v) is 11.3. The number of thiazole rings is 1. The highest BCUT2D eigenvalue weighted by atomic mass is 32.2. The van der Waals surface area contributed by atoms with Gasteiger partial charge in [0.2, 0.25) is 5.13 Å². The summed E-state index contributed by atoms with van der Waals surface area (Å²) in [4.78, 5) is 16.5. The second kappa shape index (κ2) is 10.1. The Balaban J connectivity index is 1.69. The summed E-state index contributed by atoms with van der Waals surface area (Å²) >= 11 is -0.290. The molecule has 1 aliphatic rings. The average molecular weight is 531 g/mol. The van der Waals surface area contributed by atoms with E-state index in [0.29, 0.717) is 22.4 Å². The lowest BCUT2D eigenvalue weighted by molar-refractivity contribution is 0.0691. The maximum absolute atomic E-state index is 11.9. The van der Waals surface area contributed by atoms with Crippen LogP contribution in [0.15, 0.2) is 46.7 Å². The fourth-order valence-corrected chi connectivity index (χ4v) is 5.85. The first-order chi connectivity index (χ1) is 17.7. The zero-order valence-corrected chi connectivity index (χ0v) is 22.2. The molecule has 7 nitrogen and oxygen atoms in total. The highest BCUT2D eigenvalue weighted by Gasteiger charge is 2.29. The van der Waals surface area contributed by atoms with Crippen molar-refractivity contribution in [3.8, 4) is 28.7 Å². The van der Waals surface area contributed by atoms with Gasteiger partial charge in [0.05, 0.1) is 22.7 Å². The van der Waals surface area contributed by atoms with Crippen LogP contribution in [0.4, 0.5) is 0 Å². The molecule has 3 N–H and O–H groups in total. The molecule has 1 fully saturated rings. The molecule has 37 heavy (non-hydrogen) atoms. The fraction of sp³-hybridized carbons (Fsp3) is 0.250. The van der Waals surface area contributed by atoms with Crippen LogP contribution in [-0.4, -0.2) is 30.4 Å². The molecule has 0 spiro atoms. The molecule has 2 aromatic carbocycles. The van der Waals surface area contributed by atoms with E-state index in [0.717, 1.165) is 64.0 Å². The lowest BCUT2D eigenvalue weighted by Gasteiger charge is -2.11. The Morgan fingerprint density at radius 1 is 1.27 bits per heavy atom. The molecule has 1 atom stereocenters. The van der Waals surface area contributed by atoms with E-state index in [1.54, 1.807) is 0 Å². The van der Waals surface area contributed by atoms with Gasteiger partial charge in [-0.1, -0.05) is 30.2 Å². The summed E-state index contributed by atoms with van der Waals surface area (Å²) < 4.78 is 13.7. The minimum absolute atomic E-state index is 0.00178. The molecular weight excluding hydrogens is 504 g/mol. The second-order valence-electron chi connectivity index (χ2n) is 9.40. The van der Waals surface area contributed by atoms with Crippen LogP contribution in [0.5, 0.6) is 0 Å². The summed E-state index contributed by atoms with van der Waals surface area (Å²) in [5.74, 6) is 2.25. The summed E-state index contributed by atoms with van der Waals surface area (Å²) in [5, 5.41) is 22.1. The van der Waals surface area contributed by atoms with Crippen molar-refractivity contribution in [2.45, 2.75) is 44.4 Å². The summed E-state index contributed by atoms with van der Waals surface area (Å²) in [6.45, 7) is 3.88. The molecule has 2 heterocycles. The summed E-state index contributed by atoms with van der Waals surface area (Å²) in [5.41, 5.74) is 7.49. The maximum Gasteiger partial charge on any atom is 0.355 e. The van der Waals surface area contributed by atoms with Crippen molar-refractivity contribution in [2.75, 3.05) is 0 Å². The lowest BCUT2D eigenvalue weighted by Crippen LogP contribution is -2.13. The number of rotatable bonds is 8. The normalized spacial score (nSPS) is 13.9. The van der Waals surface area contributed by atoms with Crippen molar-refractivity contribution in [3.63, 3.8) is 0 Å². The van der Waals surface area contributed by atoms with E-state index in [1.807, 2.05) is 54.9 Å². The first-order valence-electron chi connectivity index (χ1n) is 11.9. The zero-order valence-electron chi connectivity index (χ0n) is 20.5. The molecular formula is C28H26N4O3S2. The molecule has 1 unspecified atom stereocenters. The topological polar surface area (TPSA) is 117 Å². The number of carboxylic acids is 1. The number of hydrogen-bond donors (Lipinski definition) is 2. The largest absolute Gasteiger partial charge is 0.593 e. The fourth-order valence-electron chi connectivity index (χ4n) is 4.50. The van der Waals surface area contributed by atoms with Crippen LogP contribution in [0.2, 0.25) is 0 Å². The molecule has 188 valence electrons. The highest BCUT2D eigenvalue weighted by Crippen LogP contribution is 2.38. The zero-order chi connectivity index (χ0) is 26.3. The van der Waals surface area contributed by atoms with Gasteiger partial charge >= 0.3 is 5.97 Å². The summed E-state index contributed by atoms with van der Waals surface area (Å²) in [6.07, 6.45) is 9.49. The van der Waals surface area contributed by atoms with E-state index in [-0.39, 0.29) is 5.69 Å². The van der Waals surface area contributed by atoms with Gasteiger partial charge in [0, 0.05) is 34.1 Å². The van der Waals surface area contributed by atoms with Gasteiger partial charge in [0.1, 0.15) is 0 Å². The Hall–Kier alpha value is -3.42. The minimum Gasteiger partial charge on any atom is -0.593 e. The van der Waals surface area contributed by atoms with Crippen LogP contribution in [0.25, 0.3) is 16.4 Å². The SMILES string of the molecule is C#Cc1cc(-c2nn(-c3nc(C(=O)O)cs3)c(CC3CC3)c2Cc2ccc([S+](N)[O-])c(C)c2)ccc1C. The highest BCUT2D eigenvalue weighted by molar-refractivity contribution is 7.89. The molecule has 5 rings (SSSR count). The molecule has 2 aromatic heterocycles. The molecule has 0 amide bonds. The van der Waals surface area contributed by atoms with Gasteiger partial charge in [-0.15, -0.1) is 22.9 Å². The number of nitrogens with zero attached hydrogens (tertiary/aromatic N) is 3. The average Bonchev–Trinajstić information content (AvgIpc) is 3.42. The van der Waals surface area contributed by atoms with Crippen LogP contribution < -0.4 is 5.14 Å².